The molecule has 0 heteroatoms. The number of hydrogen-bond donors (Lipinski definition) is 0. The molecule has 6 saturated carbocycles. The first-order valence-corrected chi connectivity index (χ1v) is 12.6. The summed E-state index contributed by atoms with van der Waals surface area (Å²) in [4.78, 5) is 0. The number of fused-ring (bicyclic) bond motifs is 6. The lowest BCUT2D eigenvalue weighted by Crippen LogP contribution is -3.01. The van der Waals surface area contributed by atoms with Gasteiger partial charge in [-0.15, -0.1) is 0 Å². The van der Waals surface area contributed by atoms with Gasteiger partial charge >= 0.3 is 0 Å². The van der Waals surface area contributed by atoms with Crippen LogP contribution in [0.3, 0.4) is 0 Å². The van der Waals surface area contributed by atoms with Crippen LogP contribution in [0, 0.1) is 72.4 Å². The summed E-state index contributed by atoms with van der Waals surface area (Å²) in [5, 5.41) is 0. The zero-order chi connectivity index (χ0) is 20.9. The van der Waals surface area contributed by atoms with Gasteiger partial charge in [-0.2, -0.15) is 0 Å². The zero-order valence-electron chi connectivity index (χ0n) is 20.9. The maximum absolute atomic E-state index is 2.80. The Morgan fingerprint density at radius 1 is 0.786 bits per heavy atom. The monoisotopic (exact) mass is 382 g/mol. The van der Waals surface area contributed by atoms with Crippen LogP contribution in [-0.4, -0.2) is 0 Å². The van der Waals surface area contributed by atoms with Crippen LogP contribution >= 0.6 is 0 Å². The molecule has 6 fully saturated rings. The first-order chi connectivity index (χ1) is 12.6. The minimum absolute atomic E-state index is 0.465. The van der Waals surface area contributed by atoms with Crippen molar-refractivity contribution in [2.75, 3.05) is 0 Å². The molecule has 0 amide bonds. The third-order valence-corrected chi connectivity index (χ3v) is 16.7. The summed E-state index contributed by atoms with van der Waals surface area (Å²) < 4.78 is 0. The van der Waals surface area contributed by atoms with Crippen molar-refractivity contribution < 1.29 is 0 Å². The molecular weight excluding hydrogens is 336 g/mol. The fourth-order valence-corrected chi connectivity index (χ4v) is 15.0. The molecule has 0 radical (unpaired) electrons. The van der Waals surface area contributed by atoms with Gasteiger partial charge in [0.2, 0.25) is 0 Å². The topological polar surface area (TPSA) is 0 Å². The highest BCUT2D eigenvalue weighted by Gasteiger charge is 3.10. The molecule has 0 aromatic carbocycles. The molecule has 6 aliphatic rings. The molecule has 28 heavy (non-hydrogen) atoms. The van der Waals surface area contributed by atoms with Gasteiger partial charge in [0.15, 0.2) is 0 Å². The molecule has 0 N–H and O–H groups in total. The summed E-state index contributed by atoms with van der Waals surface area (Å²) in [6, 6.07) is 0. The predicted molar refractivity (Wildman–Crippen MR) is 118 cm³/mol. The average Bonchev–Trinajstić information content (AvgIpc) is 2.81. The van der Waals surface area contributed by atoms with Crippen LogP contribution < -0.4 is 0 Å². The van der Waals surface area contributed by atoms with Gasteiger partial charge in [0.05, 0.1) is 0 Å². The van der Waals surface area contributed by atoms with Crippen molar-refractivity contribution in [2.24, 2.45) is 72.4 Å². The van der Waals surface area contributed by atoms with Crippen molar-refractivity contribution >= 4 is 0 Å². The van der Waals surface area contributed by atoms with Gasteiger partial charge in [0.25, 0.3) is 0 Å². The van der Waals surface area contributed by atoms with Gasteiger partial charge in [0.1, 0.15) is 0 Å². The minimum atomic E-state index is 0.465. The van der Waals surface area contributed by atoms with Crippen molar-refractivity contribution in [2.45, 2.75) is 102 Å². The van der Waals surface area contributed by atoms with E-state index in [4.69, 9.17) is 0 Å². The Balaban J connectivity index is 1.61. The fourth-order valence-electron chi connectivity index (χ4n) is 15.0. The molecule has 0 saturated heterocycles. The quantitative estimate of drug-likeness (QED) is 0.456. The highest BCUT2D eigenvalue weighted by Crippen LogP contribution is 3.15. The van der Waals surface area contributed by atoms with E-state index in [0.717, 1.165) is 23.7 Å². The zero-order valence-corrected chi connectivity index (χ0v) is 20.9. The van der Waals surface area contributed by atoms with Crippen LogP contribution in [-0.2, 0) is 0 Å². The molecule has 0 heterocycles. The molecule has 0 aromatic heterocycles. The van der Waals surface area contributed by atoms with Crippen molar-refractivity contribution in [1.82, 2.24) is 0 Å². The SMILES string of the molecule is CCC1(C)C2C3C(C)(C2(C)C1(C)C(C)C)C1(C)C2(C)CC31C1(C)C(C)CC21C. The molecule has 0 aromatic rings. The first-order valence-electron chi connectivity index (χ1n) is 12.6. The largest absolute Gasteiger partial charge is 0.0648 e. The Labute approximate surface area is 175 Å². The second-order valence-electron chi connectivity index (χ2n) is 14.7. The smallest absolute Gasteiger partial charge is 0.0128 e. The summed E-state index contributed by atoms with van der Waals surface area (Å²) in [6.07, 6.45) is 4.38. The van der Waals surface area contributed by atoms with E-state index in [9.17, 15) is 0 Å². The second kappa shape index (κ2) is 3.83. The van der Waals surface area contributed by atoms with Crippen LogP contribution in [0.4, 0.5) is 0 Å². The Hall–Kier alpha value is 0. The van der Waals surface area contributed by atoms with Crippen LogP contribution in [0.1, 0.15) is 102 Å². The van der Waals surface area contributed by atoms with Gasteiger partial charge in [-0.3, -0.25) is 0 Å². The van der Waals surface area contributed by atoms with Crippen molar-refractivity contribution in [1.29, 1.82) is 0 Å². The lowest BCUT2D eigenvalue weighted by Gasteiger charge is -3.04. The van der Waals surface area contributed by atoms with Gasteiger partial charge < -0.3 is 0 Å². The van der Waals surface area contributed by atoms with E-state index in [1.54, 1.807) is 6.42 Å². The second-order valence-corrected chi connectivity index (χ2v) is 14.7. The molecule has 12 unspecified atom stereocenters. The Kier molecular flexibility index (Phi) is 2.57. The van der Waals surface area contributed by atoms with Crippen LogP contribution in [0.5, 0.6) is 0 Å². The molecule has 0 nitrogen and oxygen atoms in total. The Morgan fingerprint density at radius 2 is 1.36 bits per heavy atom. The van der Waals surface area contributed by atoms with E-state index < -0.39 is 0 Å². The van der Waals surface area contributed by atoms with E-state index in [1.165, 1.54) is 12.8 Å². The number of rotatable bonds is 2. The molecule has 6 aliphatic carbocycles. The molecule has 12 atom stereocenters. The van der Waals surface area contributed by atoms with Crippen molar-refractivity contribution in [3.63, 3.8) is 0 Å². The maximum atomic E-state index is 2.80. The minimum Gasteiger partial charge on any atom is -0.0648 e. The summed E-state index contributed by atoms with van der Waals surface area (Å²) >= 11 is 0. The third kappa shape index (κ3) is 0.892. The highest BCUT2D eigenvalue weighted by molar-refractivity contribution is 5.57. The molecule has 2 bridgehead atoms. The Morgan fingerprint density at radius 3 is 1.82 bits per heavy atom. The molecule has 0 aliphatic heterocycles. The van der Waals surface area contributed by atoms with E-state index in [2.05, 4.69) is 83.1 Å². The van der Waals surface area contributed by atoms with Crippen molar-refractivity contribution in [3.8, 4) is 0 Å². The fraction of sp³-hybridized carbons (Fsp3) is 1.00. The lowest BCUT2D eigenvalue weighted by molar-refractivity contribution is -0.580. The van der Waals surface area contributed by atoms with Crippen molar-refractivity contribution in [3.05, 3.63) is 0 Å². The van der Waals surface area contributed by atoms with Gasteiger partial charge in [-0.05, 0) is 91.7 Å². The van der Waals surface area contributed by atoms with Gasteiger partial charge in [-0.25, -0.2) is 0 Å². The van der Waals surface area contributed by atoms with Gasteiger partial charge in [0, 0.05) is 0 Å². The summed E-state index contributed by atoms with van der Waals surface area (Å²) in [5.41, 5.74) is 4.91. The standard InChI is InChI=1S/C28H46/c1-13-20(5)18-19-26(11,25(18,10)23(20,8)16(2)3)27(12)22(7)15-28(19,27)24(9)17(4)14-21(22,24)6/h16-19H,13-15H2,1-12H3. The van der Waals surface area contributed by atoms with Crippen LogP contribution in [0.25, 0.3) is 0 Å². The van der Waals surface area contributed by atoms with Crippen LogP contribution in [0.15, 0.2) is 0 Å². The lowest BCUT2D eigenvalue weighted by atomic mass is 8.99. The predicted octanol–water partition coefficient (Wildman–Crippen LogP) is 7.82. The summed E-state index contributed by atoms with van der Waals surface area (Å²) in [6.45, 7) is 32.2. The van der Waals surface area contributed by atoms with Crippen LogP contribution in [0.2, 0.25) is 0 Å². The molecule has 6 rings (SSSR count). The summed E-state index contributed by atoms with van der Waals surface area (Å²) in [7, 11) is 0. The molecular formula is C28H46. The molecule has 158 valence electrons. The maximum Gasteiger partial charge on any atom is -0.0128 e. The first kappa shape index (κ1) is 18.7. The summed E-state index contributed by atoms with van der Waals surface area (Å²) in [5.74, 6) is 3.62. The number of hydrogen-bond acceptors (Lipinski definition) is 0. The molecule has 0 spiro atoms. The Bertz CT molecular complexity index is 841. The third-order valence-electron chi connectivity index (χ3n) is 16.7. The van der Waals surface area contributed by atoms with E-state index in [1.807, 2.05) is 0 Å². The van der Waals surface area contributed by atoms with E-state index in [0.29, 0.717) is 48.7 Å². The van der Waals surface area contributed by atoms with E-state index >= 15 is 0 Å². The van der Waals surface area contributed by atoms with E-state index in [-0.39, 0.29) is 0 Å². The average molecular weight is 383 g/mol. The highest BCUT2D eigenvalue weighted by atomic mass is 15.1. The normalized spacial score (nSPS) is 77.7. The van der Waals surface area contributed by atoms with Gasteiger partial charge in [-0.1, -0.05) is 83.1 Å².